The second-order valence-electron chi connectivity index (χ2n) is 5.90. The molecule has 6 heteroatoms. The van der Waals surface area contributed by atoms with Crippen LogP contribution in [0.25, 0.3) is 0 Å². The predicted octanol–water partition coefficient (Wildman–Crippen LogP) is 3.10. The fourth-order valence-corrected chi connectivity index (χ4v) is 2.87. The zero-order valence-corrected chi connectivity index (χ0v) is 13.5. The number of hydrogen-bond donors (Lipinski definition) is 1. The number of nitrogens with zero attached hydrogens (tertiary/aromatic N) is 1. The van der Waals surface area contributed by atoms with Gasteiger partial charge >= 0.3 is 0 Å². The molecule has 3 rings (SSSR count). The van der Waals surface area contributed by atoms with Gasteiger partial charge in [0, 0.05) is 13.1 Å². The van der Waals surface area contributed by atoms with Crippen LogP contribution in [0.4, 0.5) is 8.78 Å². The maximum absolute atomic E-state index is 13.3. The van der Waals surface area contributed by atoms with Crippen LogP contribution in [0.3, 0.4) is 0 Å². The van der Waals surface area contributed by atoms with Crippen LogP contribution in [-0.2, 0) is 6.54 Å². The lowest BCUT2D eigenvalue weighted by atomic mass is 10.1. The number of halogens is 2. The number of imide groups is 1. The first-order valence-corrected chi connectivity index (χ1v) is 8.08. The lowest BCUT2D eigenvalue weighted by Gasteiger charge is -2.21. The van der Waals surface area contributed by atoms with Crippen LogP contribution >= 0.6 is 0 Å². The first-order chi connectivity index (χ1) is 12.1. The van der Waals surface area contributed by atoms with Gasteiger partial charge in [-0.25, -0.2) is 8.78 Å². The highest BCUT2D eigenvalue weighted by molar-refractivity contribution is 6.21. The number of nitrogens with one attached hydrogen (secondary N) is 1. The van der Waals surface area contributed by atoms with Crippen LogP contribution in [0.15, 0.2) is 54.6 Å². The SMILES string of the molecule is O=C1c2ccccc2C(=O)N1CCC(NCc1ccccc1)C(F)F. The lowest BCUT2D eigenvalue weighted by Crippen LogP contribution is -2.40. The Balaban J connectivity index is 1.61. The summed E-state index contributed by atoms with van der Waals surface area (Å²) in [5, 5.41) is 2.81. The van der Waals surface area contributed by atoms with E-state index in [1.165, 1.54) is 0 Å². The molecule has 0 saturated carbocycles. The van der Waals surface area contributed by atoms with Crippen LogP contribution in [0, 0.1) is 0 Å². The van der Waals surface area contributed by atoms with E-state index in [0.29, 0.717) is 17.7 Å². The van der Waals surface area contributed by atoms with Crippen molar-refractivity contribution in [1.29, 1.82) is 0 Å². The van der Waals surface area contributed by atoms with Gasteiger partial charge in [0.2, 0.25) is 0 Å². The minimum atomic E-state index is -2.58. The van der Waals surface area contributed by atoms with E-state index < -0.39 is 24.3 Å². The molecule has 1 unspecified atom stereocenters. The summed E-state index contributed by atoms with van der Waals surface area (Å²) in [4.78, 5) is 25.6. The number of carbonyl (C=O) groups excluding carboxylic acids is 2. The van der Waals surface area contributed by atoms with Crippen LogP contribution in [-0.4, -0.2) is 35.7 Å². The Morgan fingerprint density at radius 3 is 2.00 bits per heavy atom. The fourth-order valence-electron chi connectivity index (χ4n) is 2.87. The van der Waals surface area contributed by atoms with Crippen molar-refractivity contribution in [3.8, 4) is 0 Å². The molecule has 1 aliphatic heterocycles. The Kier molecular flexibility index (Phi) is 5.19. The van der Waals surface area contributed by atoms with Crippen LogP contribution in [0.2, 0.25) is 0 Å². The van der Waals surface area contributed by atoms with E-state index in [2.05, 4.69) is 5.32 Å². The first-order valence-electron chi connectivity index (χ1n) is 8.08. The van der Waals surface area contributed by atoms with Gasteiger partial charge in [-0.1, -0.05) is 42.5 Å². The van der Waals surface area contributed by atoms with E-state index in [9.17, 15) is 18.4 Å². The van der Waals surface area contributed by atoms with Gasteiger partial charge in [0.05, 0.1) is 17.2 Å². The molecule has 2 aromatic rings. The van der Waals surface area contributed by atoms with Crippen LogP contribution in [0.1, 0.15) is 32.7 Å². The molecular formula is C19H18F2N2O2. The van der Waals surface area contributed by atoms with Crippen molar-refractivity contribution < 1.29 is 18.4 Å². The topological polar surface area (TPSA) is 49.4 Å². The van der Waals surface area contributed by atoms with Gasteiger partial charge < -0.3 is 5.32 Å². The predicted molar refractivity (Wildman–Crippen MR) is 89.5 cm³/mol. The van der Waals surface area contributed by atoms with E-state index in [-0.39, 0.29) is 13.0 Å². The molecule has 0 radical (unpaired) electrons. The average Bonchev–Trinajstić information content (AvgIpc) is 2.87. The molecule has 0 spiro atoms. The summed E-state index contributed by atoms with van der Waals surface area (Å²) in [5.74, 6) is -0.839. The Morgan fingerprint density at radius 2 is 1.44 bits per heavy atom. The second kappa shape index (κ2) is 7.53. The lowest BCUT2D eigenvalue weighted by molar-refractivity contribution is 0.0594. The zero-order valence-electron chi connectivity index (χ0n) is 13.5. The van der Waals surface area contributed by atoms with Gasteiger partial charge in [-0.2, -0.15) is 0 Å². The Bertz CT molecular complexity index is 730. The molecule has 4 nitrogen and oxygen atoms in total. The molecule has 0 aliphatic carbocycles. The third-order valence-corrected chi connectivity index (χ3v) is 4.26. The van der Waals surface area contributed by atoms with Gasteiger partial charge in [-0.05, 0) is 24.1 Å². The summed E-state index contributed by atoms with van der Waals surface area (Å²) in [6.07, 6.45) is -2.59. The summed E-state index contributed by atoms with van der Waals surface area (Å²) < 4.78 is 26.6. The van der Waals surface area contributed by atoms with Crippen LogP contribution in [0.5, 0.6) is 0 Å². The highest BCUT2D eigenvalue weighted by Crippen LogP contribution is 2.23. The Morgan fingerprint density at radius 1 is 0.880 bits per heavy atom. The van der Waals surface area contributed by atoms with Crippen LogP contribution < -0.4 is 5.32 Å². The monoisotopic (exact) mass is 344 g/mol. The quantitative estimate of drug-likeness (QED) is 0.785. The third kappa shape index (κ3) is 3.74. The van der Waals surface area contributed by atoms with Gasteiger partial charge in [0.1, 0.15) is 0 Å². The number of rotatable bonds is 7. The van der Waals surface area contributed by atoms with Crippen molar-refractivity contribution in [3.63, 3.8) is 0 Å². The van der Waals surface area contributed by atoms with Crippen molar-refractivity contribution in [3.05, 3.63) is 71.3 Å². The molecule has 1 heterocycles. The second-order valence-corrected chi connectivity index (χ2v) is 5.90. The number of benzene rings is 2. The van der Waals surface area contributed by atoms with E-state index in [4.69, 9.17) is 0 Å². The molecule has 0 aromatic heterocycles. The Labute approximate surface area is 144 Å². The molecule has 0 bridgehead atoms. The maximum Gasteiger partial charge on any atom is 0.261 e. The maximum atomic E-state index is 13.3. The number of carbonyl (C=O) groups is 2. The average molecular weight is 344 g/mol. The molecule has 2 amide bonds. The Hall–Kier alpha value is -2.60. The van der Waals surface area contributed by atoms with Gasteiger partial charge in [-0.15, -0.1) is 0 Å². The molecule has 0 saturated heterocycles. The van der Waals surface area contributed by atoms with E-state index in [1.807, 2.05) is 30.3 Å². The normalized spacial score (nSPS) is 14.9. The van der Waals surface area contributed by atoms with Gasteiger partial charge in [-0.3, -0.25) is 14.5 Å². The van der Waals surface area contributed by atoms with E-state index in [1.54, 1.807) is 24.3 Å². The summed E-state index contributed by atoms with van der Waals surface area (Å²) >= 11 is 0. The van der Waals surface area contributed by atoms with Crippen molar-refractivity contribution in [1.82, 2.24) is 10.2 Å². The molecule has 2 aromatic carbocycles. The summed E-state index contributed by atoms with van der Waals surface area (Å²) in [6.45, 7) is 0.265. The van der Waals surface area contributed by atoms with Crippen molar-refractivity contribution in [2.75, 3.05) is 6.54 Å². The number of amides is 2. The summed E-state index contributed by atoms with van der Waals surface area (Å²) in [6, 6.07) is 14.6. The zero-order chi connectivity index (χ0) is 17.8. The molecular weight excluding hydrogens is 326 g/mol. The minimum absolute atomic E-state index is 0.00400. The molecule has 1 N–H and O–H groups in total. The van der Waals surface area contributed by atoms with Gasteiger partial charge in [0.25, 0.3) is 18.2 Å². The highest BCUT2D eigenvalue weighted by Gasteiger charge is 2.35. The van der Waals surface area contributed by atoms with Gasteiger partial charge in [0.15, 0.2) is 0 Å². The third-order valence-electron chi connectivity index (χ3n) is 4.26. The summed E-state index contributed by atoms with van der Waals surface area (Å²) in [7, 11) is 0. The van der Waals surface area contributed by atoms with Crippen molar-refractivity contribution >= 4 is 11.8 Å². The molecule has 130 valence electrons. The number of hydrogen-bond acceptors (Lipinski definition) is 3. The number of alkyl halides is 2. The van der Waals surface area contributed by atoms with E-state index >= 15 is 0 Å². The smallest absolute Gasteiger partial charge is 0.261 e. The van der Waals surface area contributed by atoms with Crippen molar-refractivity contribution in [2.45, 2.75) is 25.4 Å². The van der Waals surface area contributed by atoms with Crippen molar-refractivity contribution in [2.24, 2.45) is 0 Å². The minimum Gasteiger partial charge on any atom is -0.305 e. The summed E-state index contributed by atoms with van der Waals surface area (Å²) in [5.41, 5.74) is 1.56. The largest absolute Gasteiger partial charge is 0.305 e. The molecule has 0 fully saturated rings. The van der Waals surface area contributed by atoms with E-state index in [0.717, 1.165) is 10.5 Å². The fraction of sp³-hybridized carbons (Fsp3) is 0.263. The molecule has 1 atom stereocenters. The first kappa shape index (κ1) is 17.2. The standard InChI is InChI=1S/C19H18F2N2O2/c20-17(21)16(22-12-13-6-2-1-3-7-13)10-11-23-18(24)14-8-4-5-9-15(14)19(23)25/h1-9,16-17,22H,10-12H2. The molecule has 25 heavy (non-hydrogen) atoms. The highest BCUT2D eigenvalue weighted by atomic mass is 19.3. The number of fused-ring (bicyclic) bond motifs is 1. The molecule has 1 aliphatic rings.